The first kappa shape index (κ1) is 13.0. The van der Waals surface area contributed by atoms with Crippen LogP contribution in [0.5, 0.6) is 0 Å². The zero-order valence-electron chi connectivity index (χ0n) is 9.05. The number of rotatable bonds is 3. The maximum atomic E-state index is 13.4. The lowest BCUT2D eigenvalue weighted by Gasteiger charge is -2.24. The van der Waals surface area contributed by atoms with Crippen LogP contribution in [-0.4, -0.2) is 17.7 Å². The summed E-state index contributed by atoms with van der Waals surface area (Å²) in [6, 6.07) is 7.57. The van der Waals surface area contributed by atoms with E-state index >= 15 is 0 Å². The minimum atomic E-state index is -5.68. The zero-order chi connectivity index (χ0) is 13.6. The standard InChI is InChI=1S/C12H9F5O/c1-2-10(11(13,14)12(15,16)17)9(18-10)8-6-4-3-5-7-8/h2-7,9H,1H2. The average Bonchev–Trinajstić information content (AvgIpc) is 3.05. The average molecular weight is 264 g/mol. The third-order valence-electron chi connectivity index (χ3n) is 2.90. The fraction of sp³-hybridized carbons (Fsp3) is 0.333. The maximum absolute atomic E-state index is 13.4. The van der Waals surface area contributed by atoms with E-state index < -0.39 is 23.8 Å². The number of alkyl halides is 5. The van der Waals surface area contributed by atoms with Gasteiger partial charge >= 0.3 is 12.1 Å². The van der Waals surface area contributed by atoms with E-state index in [2.05, 4.69) is 11.3 Å². The minimum Gasteiger partial charge on any atom is -0.349 e. The van der Waals surface area contributed by atoms with Crippen LogP contribution in [0, 0.1) is 0 Å². The van der Waals surface area contributed by atoms with E-state index in [0.29, 0.717) is 6.08 Å². The second-order valence-corrected chi connectivity index (χ2v) is 3.98. The first-order valence-corrected chi connectivity index (χ1v) is 5.07. The highest BCUT2D eigenvalue weighted by molar-refractivity contribution is 5.34. The number of benzene rings is 1. The smallest absolute Gasteiger partial charge is 0.349 e. The Hall–Kier alpha value is -1.43. The van der Waals surface area contributed by atoms with Crippen LogP contribution in [0.3, 0.4) is 0 Å². The van der Waals surface area contributed by atoms with Crippen molar-refractivity contribution >= 4 is 0 Å². The van der Waals surface area contributed by atoms with Crippen LogP contribution < -0.4 is 0 Å². The summed E-state index contributed by atoms with van der Waals surface area (Å²) in [5, 5.41) is 0. The van der Waals surface area contributed by atoms with Crippen molar-refractivity contribution in [3.8, 4) is 0 Å². The van der Waals surface area contributed by atoms with Crippen molar-refractivity contribution in [2.24, 2.45) is 0 Å². The molecule has 1 aliphatic rings. The minimum absolute atomic E-state index is 0.265. The SMILES string of the molecule is C=CC1(C(F)(F)C(F)(F)F)OC1c1ccccc1. The molecule has 1 saturated heterocycles. The highest BCUT2D eigenvalue weighted by atomic mass is 19.4. The van der Waals surface area contributed by atoms with Crippen molar-refractivity contribution in [3.63, 3.8) is 0 Å². The molecule has 0 radical (unpaired) electrons. The molecule has 98 valence electrons. The highest BCUT2D eigenvalue weighted by Crippen LogP contribution is 2.62. The molecule has 0 N–H and O–H groups in total. The molecule has 0 aromatic heterocycles. The predicted octanol–water partition coefficient (Wildman–Crippen LogP) is 3.88. The third-order valence-corrected chi connectivity index (χ3v) is 2.90. The molecule has 0 saturated carbocycles. The van der Waals surface area contributed by atoms with Gasteiger partial charge in [-0.1, -0.05) is 43.0 Å². The van der Waals surface area contributed by atoms with Gasteiger partial charge in [0, 0.05) is 0 Å². The number of halogens is 5. The van der Waals surface area contributed by atoms with Gasteiger partial charge in [-0.25, -0.2) is 0 Å². The Balaban J connectivity index is 2.35. The fourth-order valence-electron chi connectivity index (χ4n) is 1.85. The quantitative estimate of drug-likeness (QED) is 0.458. The molecule has 1 aromatic rings. The van der Waals surface area contributed by atoms with Gasteiger partial charge in [0.05, 0.1) is 0 Å². The van der Waals surface area contributed by atoms with Crippen molar-refractivity contribution in [2.45, 2.75) is 23.8 Å². The van der Waals surface area contributed by atoms with Gasteiger partial charge in [-0.05, 0) is 5.56 Å². The summed E-state index contributed by atoms with van der Waals surface area (Å²) in [4.78, 5) is 0. The van der Waals surface area contributed by atoms with Crippen LogP contribution in [0.1, 0.15) is 11.7 Å². The number of epoxide rings is 1. The summed E-state index contributed by atoms with van der Waals surface area (Å²) in [6.07, 6.45) is -6.48. The molecule has 0 bridgehead atoms. The lowest BCUT2D eigenvalue weighted by atomic mass is 9.92. The van der Waals surface area contributed by atoms with Crippen molar-refractivity contribution in [1.29, 1.82) is 0 Å². The van der Waals surface area contributed by atoms with Crippen molar-refractivity contribution in [3.05, 3.63) is 48.6 Å². The Morgan fingerprint density at radius 2 is 1.67 bits per heavy atom. The molecule has 0 spiro atoms. The molecule has 1 nitrogen and oxygen atoms in total. The molecule has 18 heavy (non-hydrogen) atoms. The Morgan fingerprint density at radius 1 is 1.11 bits per heavy atom. The molecular formula is C12H9F5O. The van der Waals surface area contributed by atoms with Crippen LogP contribution >= 0.6 is 0 Å². The molecule has 0 amide bonds. The van der Waals surface area contributed by atoms with Crippen LogP contribution in [-0.2, 0) is 4.74 Å². The summed E-state index contributed by atoms with van der Waals surface area (Å²) in [6.45, 7) is 3.05. The van der Waals surface area contributed by atoms with Crippen molar-refractivity contribution in [2.75, 3.05) is 0 Å². The van der Waals surface area contributed by atoms with Crippen LogP contribution in [0.25, 0.3) is 0 Å². The number of hydrogen-bond donors (Lipinski definition) is 0. The predicted molar refractivity (Wildman–Crippen MR) is 54.2 cm³/mol. The maximum Gasteiger partial charge on any atom is 0.456 e. The van der Waals surface area contributed by atoms with Gasteiger partial charge in [-0.15, -0.1) is 0 Å². The van der Waals surface area contributed by atoms with Gasteiger partial charge in [0.25, 0.3) is 0 Å². The lowest BCUT2D eigenvalue weighted by Crippen LogP contribution is -2.49. The topological polar surface area (TPSA) is 12.5 Å². The first-order chi connectivity index (χ1) is 8.26. The van der Waals surface area contributed by atoms with Crippen LogP contribution in [0.2, 0.25) is 0 Å². The van der Waals surface area contributed by atoms with Crippen LogP contribution in [0.15, 0.2) is 43.0 Å². The molecule has 1 aromatic carbocycles. The number of hydrogen-bond acceptors (Lipinski definition) is 1. The Kier molecular flexibility index (Phi) is 2.73. The summed E-state index contributed by atoms with van der Waals surface area (Å²) in [7, 11) is 0. The summed E-state index contributed by atoms with van der Waals surface area (Å²) in [5.41, 5.74) is -2.44. The molecule has 2 atom stereocenters. The molecule has 2 unspecified atom stereocenters. The highest BCUT2D eigenvalue weighted by Gasteiger charge is 2.80. The van der Waals surface area contributed by atoms with Crippen molar-refractivity contribution in [1.82, 2.24) is 0 Å². The van der Waals surface area contributed by atoms with E-state index in [0.717, 1.165) is 0 Å². The Bertz CT molecular complexity index is 453. The van der Waals surface area contributed by atoms with E-state index in [1.165, 1.54) is 24.3 Å². The van der Waals surface area contributed by atoms with E-state index in [-0.39, 0.29) is 5.56 Å². The molecule has 6 heteroatoms. The third kappa shape index (κ3) is 1.63. The summed E-state index contributed by atoms with van der Waals surface area (Å²) < 4.78 is 68.5. The van der Waals surface area contributed by atoms with Gasteiger partial charge in [0.1, 0.15) is 6.10 Å². The van der Waals surface area contributed by atoms with E-state index in [1.807, 2.05) is 0 Å². The van der Waals surface area contributed by atoms with Gasteiger partial charge in [-0.3, -0.25) is 0 Å². The zero-order valence-corrected chi connectivity index (χ0v) is 9.05. The van der Waals surface area contributed by atoms with Crippen LogP contribution in [0.4, 0.5) is 22.0 Å². The molecule has 1 aliphatic heterocycles. The Morgan fingerprint density at radius 3 is 2.11 bits per heavy atom. The van der Waals surface area contributed by atoms with Gasteiger partial charge in [-0.2, -0.15) is 22.0 Å². The largest absolute Gasteiger partial charge is 0.456 e. The molecule has 1 fully saturated rings. The molecule has 0 aliphatic carbocycles. The normalized spacial score (nSPS) is 27.9. The molecule has 2 rings (SSSR count). The van der Waals surface area contributed by atoms with E-state index in [1.54, 1.807) is 6.07 Å². The van der Waals surface area contributed by atoms with Gasteiger partial charge in [0.2, 0.25) is 0 Å². The van der Waals surface area contributed by atoms with Crippen molar-refractivity contribution < 1.29 is 26.7 Å². The lowest BCUT2D eigenvalue weighted by molar-refractivity contribution is -0.299. The Labute approximate surface area is 99.9 Å². The molecule has 1 heterocycles. The van der Waals surface area contributed by atoms with E-state index in [9.17, 15) is 22.0 Å². The number of ether oxygens (including phenoxy) is 1. The van der Waals surface area contributed by atoms with Gasteiger partial charge in [0.15, 0.2) is 5.60 Å². The monoisotopic (exact) mass is 264 g/mol. The fourth-order valence-corrected chi connectivity index (χ4v) is 1.85. The summed E-state index contributed by atoms with van der Waals surface area (Å²) >= 11 is 0. The second-order valence-electron chi connectivity index (χ2n) is 3.98. The van der Waals surface area contributed by atoms with E-state index in [4.69, 9.17) is 0 Å². The second kappa shape index (κ2) is 3.78. The first-order valence-electron chi connectivity index (χ1n) is 5.07. The molecular weight excluding hydrogens is 255 g/mol. The summed E-state index contributed by atoms with van der Waals surface area (Å²) in [5.74, 6) is -4.97. The van der Waals surface area contributed by atoms with Gasteiger partial charge < -0.3 is 4.74 Å².